The Morgan fingerprint density at radius 1 is 1.16 bits per heavy atom. The van der Waals surface area contributed by atoms with Gasteiger partial charge in [-0.05, 0) is 44.0 Å². The largest absolute Gasteiger partial charge is 0.398 e. The van der Waals surface area contributed by atoms with Gasteiger partial charge in [0.25, 0.3) is 0 Å². The molecule has 0 saturated heterocycles. The van der Waals surface area contributed by atoms with Gasteiger partial charge in [0.2, 0.25) is 0 Å². The number of nitrogen functional groups attached to an aromatic ring is 1. The second kappa shape index (κ2) is 4.72. The van der Waals surface area contributed by atoms with Crippen molar-refractivity contribution in [3.63, 3.8) is 0 Å². The minimum atomic E-state index is 0.193. The van der Waals surface area contributed by atoms with Crippen LogP contribution in [0.5, 0.6) is 0 Å². The molecule has 3 rings (SSSR count). The van der Waals surface area contributed by atoms with Gasteiger partial charge in [-0.15, -0.1) is 0 Å². The average Bonchev–Trinajstić information content (AvgIpc) is 2.43. The lowest BCUT2D eigenvalue weighted by molar-refractivity contribution is 0.349. The zero-order valence-corrected chi connectivity index (χ0v) is 11.4. The summed E-state index contributed by atoms with van der Waals surface area (Å²) in [5.41, 5.74) is 9.10. The molecule has 100 valence electrons. The highest BCUT2D eigenvalue weighted by Gasteiger charge is 2.27. The lowest BCUT2D eigenvalue weighted by atomic mass is 9.83. The van der Waals surface area contributed by atoms with E-state index >= 15 is 0 Å². The maximum Gasteiger partial charge on any atom is 0.0954 e. The molecule has 1 aromatic carbocycles. The molecule has 0 radical (unpaired) electrons. The fourth-order valence-corrected chi connectivity index (χ4v) is 3.08. The van der Waals surface area contributed by atoms with Crippen LogP contribution in [0, 0.1) is 0 Å². The predicted molar refractivity (Wildman–Crippen MR) is 81.3 cm³/mol. The van der Waals surface area contributed by atoms with E-state index < -0.39 is 0 Å². The van der Waals surface area contributed by atoms with Crippen molar-refractivity contribution in [2.45, 2.75) is 44.6 Å². The predicted octanol–water partition coefficient (Wildman–Crippen LogP) is 3.95. The number of hydrogen-bond donors (Lipinski definition) is 2. The van der Waals surface area contributed by atoms with Crippen molar-refractivity contribution in [2.75, 3.05) is 11.1 Å². The summed E-state index contributed by atoms with van der Waals surface area (Å²) in [6, 6.07) is 8.00. The molecule has 3 nitrogen and oxygen atoms in total. The molecule has 0 atom stereocenters. The van der Waals surface area contributed by atoms with Crippen LogP contribution in [0.3, 0.4) is 0 Å². The molecule has 19 heavy (non-hydrogen) atoms. The summed E-state index contributed by atoms with van der Waals surface area (Å²) in [7, 11) is 0. The van der Waals surface area contributed by atoms with Crippen LogP contribution in [0.25, 0.3) is 10.9 Å². The van der Waals surface area contributed by atoms with E-state index in [0.29, 0.717) is 0 Å². The summed E-state index contributed by atoms with van der Waals surface area (Å²) in [5.74, 6) is 0. The molecule has 0 bridgehead atoms. The highest BCUT2D eigenvalue weighted by molar-refractivity contribution is 5.98. The Hall–Kier alpha value is -1.77. The van der Waals surface area contributed by atoms with Crippen molar-refractivity contribution in [3.8, 4) is 0 Å². The zero-order valence-electron chi connectivity index (χ0n) is 11.4. The van der Waals surface area contributed by atoms with Gasteiger partial charge in [-0.25, -0.2) is 0 Å². The third-order valence-electron chi connectivity index (χ3n) is 4.20. The van der Waals surface area contributed by atoms with Crippen molar-refractivity contribution in [1.29, 1.82) is 0 Å². The van der Waals surface area contributed by atoms with Crippen LogP contribution in [-0.2, 0) is 0 Å². The van der Waals surface area contributed by atoms with Gasteiger partial charge in [0.05, 0.1) is 11.2 Å². The van der Waals surface area contributed by atoms with Gasteiger partial charge in [-0.2, -0.15) is 0 Å². The van der Waals surface area contributed by atoms with E-state index in [4.69, 9.17) is 5.73 Å². The number of benzene rings is 1. The average molecular weight is 255 g/mol. The molecule has 3 N–H and O–H groups in total. The molecule has 0 unspecified atom stereocenters. The topological polar surface area (TPSA) is 50.9 Å². The van der Waals surface area contributed by atoms with Gasteiger partial charge in [-0.3, -0.25) is 4.98 Å². The Labute approximate surface area is 114 Å². The van der Waals surface area contributed by atoms with Crippen molar-refractivity contribution < 1.29 is 0 Å². The summed E-state index contributed by atoms with van der Waals surface area (Å²) in [4.78, 5) is 4.50. The Bertz CT molecular complexity index is 586. The van der Waals surface area contributed by atoms with Crippen LogP contribution in [0.4, 0.5) is 11.4 Å². The first-order valence-electron chi connectivity index (χ1n) is 7.09. The lowest BCUT2D eigenvalue weighted by Crippen LogP contribution is -2.36. The van der Waals surface area contributed by atoms with Crippen molar-refractivity contribution in [1.82, 2.24) is 4.98 Å². The Morgan fingerprint density at radius 3 is 2.74 bits per heavy atom. The lowest BCUT2D eigenvalue weighted by Gasteiger charge is -2.35. The number of hydrogen-bond acceptors (Lipinski definition) is 3. The molecule has 0 spiro atoms. The van der Waals surface area contributed by atoms with Crippen LogP contribution in [0.1, 0.15) is 39.0 Å². The van der Waals surface area contributed by atoms with E-state index in [0.717, 1.165) is 22.3 Å². The van der Waals surface area contributed by atoms with Gasteiger partial charge < -0.3 is 11.1 Å². The number of anilines is 2. The smallest absolute Gasteiger partial charge is 0.0954 e. The summed E-state index contributed by atoms with van der Waals surface area (Å²) < 4.78 is 0. The van der Waals surface area contributed by atoms with Crippen LogP contribution < -0.4 is 11.1 Å². The van der Waals surface area contributed by atoms with E-state index in [9.17, 15) is 0 Å². The number of nitrogens with two attached hydrogens (primary N) is 1. The molecule has 1 fully saturated rings. The second-order valence-corrected chi connectivity index (χ2v) is 5.85. The maximum atomic E-state index is 6.02. The highest BCUT2D eigenvalue weighted by atomic mass is 15.0. The van der Waals surface area contributed by atoms with E-state index in [1.807, 2.05) is 24.4 Å². The highest BCUT2D eigenvalue weighted by Crippen LogP contribution is 2.34. The van der Waals surface area contributed by atoms with Crippen molar-refractivity contribution >= 4 is 22.3 Å². The molecule has 1 aromatic heterocycles. The summed E-state index contributed by atoms with van der Waals surface area (Å²) in [5, 5.41) is 4.74. The molecule has 2 aromatic rings. The van der Waals surface area contributed by atoms with Gasteiger partial charge >= 0.3 is 0 Å². The van der Waals surface area contributed by atoms with Gasteiger partial charge in [0.1, 0.15) is 0 Å². The Balaban J connectivity index is 1.99. The zero-order chi connectivity index (χ0) is 13.3. The Kier molecular flexibility index (Phi) is 3.05. The van der Waals surface area contributed by atoms with Gasteiger partial charge in [0.15, 0.2) is 0 Å². The minimum Gasteiger partial charge on any atom is -0.398 e. The van der Waals surface area contributed by atoms with Crippen LogP contribution in [0.2, 0.25) is 0 Å². The van der Waals surface area contributed by atoms with E-state index in [1.165, 1.54) is 32.1 Å². The monoisotopic (exact) mass is 255 g/mol. The first-order chi connectivity index (χ1) is 9.18. The molecule has 0 aliphatic heterocycles. The van der Waals surface area contributed by atoms with Gasteiger partial charge in [-0.1, -0.05) is 19.3 Å². The molecular formula is C16H21N3. The summed E-state index contributed by atoms with van der Waals surface area (Å²) >= 11 is 0. The number of rotatable bonds is 2. The second-order valence-electron chi connectivity index (χ2n) is 5.85. The number of fused-ring (bicyclic) bond motifs is 1. The number of nitrogens with zero attached hydrogens (tertiary/aromatic N) is 1. The molecule has 1 heterocycles. The normalized spacial score (nSPS) is 18.4. The quantitative estimate of drug-likeness (QED) is 0.799. The number of pyridine rings is 1. The maximum absolute atomic E-state index is 6.02. The number of aromatic nitrogens is 1. The van der Waals surface area contributed by atoms with Crippen LogP contribution >= 0.6 is 0 Å². The van der Waals surface area contributed by atoms with Crippen molar-refractivity contribution in [2.24, 2.45) is 0 Å². The molecule has 1 saturated carbocycles. The third-order valence-corrected chi connectivity index (χ3v) is 4.20. The number of nitrogens with one attached hydrogen (secondary N) is 1. The van der Waals surface area contributed by atoms with Gasteiger partial charge in [0, 0.05) is 22.8 Å². The van der Waals surface area contributed by atoms with Crippen LogP contribution in [-0.4, -0.2) is 10.5 Å². The third kappa shape index (κ3) is 2.37. The summed E-state index contributed by atoms with van der Waals surface area (Å²) in [6.45, 7) is 2.32. The first-order valence-corrected chi connectivity index (χ1v) is 7.09. The molecular weight excluding hydrogens is 234 g/mol. The van der Waals surface area contributed by atoms with Crippen LogP contribution in [0.15, 0.2) is 30.5 Å². The minimum absolute atomic E-state index is 0.193. The fraction of sp³-hybridized carbons (Fsp3) is 0.438. The van der Waals surface area contributed by atoms with Crippen molar-refractivity contribution in [3.05, 3.63) is 30.5 Å². The van der Waals surface area contributed by atoms with E-state index in [1.54, 1.807) is 0 Å². The first kappa shape index (κ1) is 12.3. The standard InChI is InChI=1S/C16H21N3/c1-16(9-3-2-4-10-16)19-14-8-7-13(17)12-6-5-11-18-15(12)14/h5-8,11,19H,2-4,9-10,17H2,1H3. The SMILES string of the molecule is CC1(Nc2ccc(N)c3cccnc23)CCCCC1. The molecule has 1 aliphatic rings. The van der Waals surface area contributed by atoms with E-state index in [-0.39, 0.29) is 5.54 Å². The molecule has 3 heteroatoms. The molecule has 0 amide bonds. The van der Waals surface area contributed by atoms with E-state index in [2.05, 4.69) is 23.3 Å². The summed E-state index contributed by atoms with van der Waals surface area (Å²) in [6.07, 6.45) is 8.26. The Morgan fingerprint density at radius 2 is 1.95 bits per heavy atom. The fourth-order valence-electron chi connectivity index (χ4n) is 3.08. The molecule has 1 aliphatic carbocycles.